The zero-order valence-electron chi connectivity index (χ0n) is 19.6. The van der Waals surface area contributed by atoms with Gasteiger partial charge in [-0.3, -0.25) is 4.79 Å². The molecule has 0 unspecified atom stereocenters. The Bertz CT molecular complexity index is 576. The van der Waals surface area contributed by atoms with Crippen LogP contribution in [0.15, 0.2) is 0 Å². The van der Waals surface area contributed by atoms with Crippen LogP contribution in [-0.2, 0) is 28.5 Å². The maximum absolute atomic E-state index is 11.1. The summed E-state index contributed by atoms with van der Waals surface area (Å²) in [5, 5.41) is 59.5. The quantitative estimate of drug-likeness (QED) is 0.122. The van der Waals surface area contributed by atoms with Gasteiger partial charge in [-0.15, -0.1) is 0 Å². The van der Waals surface area contributed by atoms with E-state index in [1.165, 1.54) is 7.11 Å². The molecule has 0 radical (unpaired) electrons. The largest absolute Gasteiger partial charge is 0.469 e. The van der Waals surface area contributed by atoms with Gasteiger partial charge in [-0.2, -0.15) is 0 Å². The Morgan fingerprint density at radius 3 is 2.15 bits per heavy atom. The number of aliphatic hydroxyl groups is 6. The zero-order chi connectivity index (χ0) is 25.1. The van der Waals surface area contributed by atoms with Crippen molar-refractivity contribution in [3.8, 4) is 0 Å². The van der Waals surface area contributed by atoms with Gasteiger partial charge in [-0.05, 0) is 12.8 Å². The fourth-order valence-corrected chi connectivity index (χ4v) is 4.07. The van der Waals surface area contributed by atoms with Crippen molar-refractivity contribution < 1.29 is 59.1 Å². The molecule has 2 fully saturated rings. The molecule has 0 aromatic rings. The van der Waals surface area contributed by atoms with Gasteiger partial charge in [-0.25, -0.2) is 0 Å². The van der Waals surface area contributed by atoms with E-state index in [1.54, 1.807) is 0 Å². The van der Waals surface area contributed by atoms with Crippen molar-refractivity contribution in [1.29, 1.82) is 0 Å². The van der Waals surface area contributed by atoms with Gasteiger partial charge >= 0.3 is 5.97 Å². The molecule has 6 N–H and O–H groups in total. The van der Waals surface area contributed by atoms with Crippen LogP contribution in [-0.4, -0.2) is 119 Å². The summed E-state index contributed by atoms with van der Waals surface area (Å²) in [6.45, 7) is -0.693. The molecule has 9 atom stereocenters. The highest BCUT2D eigenvalue weighted by Crippen LogP contribution is 2.29. The van der Waals surface area contributed by atoms with E-state index in [9.17, 15) is 35.4 Å². The molecule has 2 aliphatic rings. The molecule has 12 heteroatoms. The van der Waals surface area contributed by atoms with Crippen LogP contribution in [0.5, 0.6) is 0 Å². The Hall–Kier alpha value is -0.930. The SMILES string of the molecule is COC(=O)CCCCCCCCO[C@H]1C[C@@H](O)[C@H](O[C@@H]2O[C@H](CO)[C@H](O)[C@H](O)[C@H]2O)[C@@H](CO)O1. The third-order valence-corrected chi connectivity index (χ3v) is 6.13. The van der Waals surface area contributed by atoms with Gasteiger partial charge in [0.05, 0.1) is 26.4 Å². The lowest BCUT2D eigenvalue weighted by atomic mass is 9.98. The number of rotatable bonds is 14. The molecule has 2 rings (SSSR count). The first kappa shape index (κ1) is 29.3. The summed E-state index contributed by atoms with van der Waals surface area (Å²) in [5.74, 6) is -0.190. The van der Waals surface area contributed by atoms with Crippen molar-refractivity contribution >= 4 is 5.97 Å². The molecule has 2 heterocycles. The monoisotopic (exact) mass is 496 g/mol. The second kappa shape index (κ2) is 15.2. The molecule has 0 bridgehead atoms. The van der Waals surface area contributed by atoms with Crippen molar-refractivity contribution in [1.82, 2.24) is 0 Å². The smallest absolute Gasteiger partial charge is 0.305 e. The second-order valence-electron chi connectivity index (χ2n) is 8.71. The highest BCUT2D eigenvalue weighted by atomic mass is 16.7. The molecule has 0 aliphatic carbocycles. The Morgan fingerprint density at radius 2 is 1.50 bits per heavy atom. The normalized spacial score (nSPS) is 36.4. The van der Waals surface area contributed by atoms with Crippen molar-refractivity contribution in [3.05, 3.63) is 0 Å². The van der Waals surface area contributed by atoms with Gasteiger partial charge in [0.15, 0.2) is 12.6 Å². The summed E-state index contributed by atoms with van der Waals surface area (Å²) >= 11 is 0. The molecular weight excluding hydrogens is 456 g/mol. The van der Waals surface area contributed by atoms with Gasteiger partial charge < -0.3 is 54.3 Å². The maximum atomic E-state index is 11.1. The molecular formula is C22H40O12. The lowest BCUT2D eigenvalue weighted by molar-refractivity contribution is -0.344. The van der Waals surface area contributed by atoms with E-state index in [0.29, 0.717) is 13.0 Å². The van der Waals surface area contributed by atoms with Crippen LogP contribution in [0.3, 0.4) is 0 Å². The average Bonchev–Trinajstić information content (AvgIpc) is 2.83. The molecule has 12 nitrogen and oxygen atoms in total. The van der Waals surface area contributed by atoms with Crippen molar-refractivity contribution in [3.63, 3.8) is 0 Å². The molecule has 0 spiro atoms. The number of methoxy groups -OCH3 is 1. The number of aliphatic hydroxyl groups excluding tert-OH is 6. The minimum absolute atomic E-state index is 0.0616. The summed E-state index contributed by atoms with van der Waals surface area (Å²) in [6.07, 6.45) is -5.26. The summed E-state index contributed by atoms with van der Waals surface area (Å²) in [7, 11) is 1.38. The van der Waals surface area contributed by atoms with Gasteiger partial charge in [0, 0.05) is 19.4 Å². The van der Waals surface area contributed by atoms with Gasteiger partial charge in [0.25, 0.3) is 0 Å². The van der Waals surface area contributed by atoms with E-state index in [2.05, 4.69) is 4.74 Å². The van der Waals surface area contributed by atoms with Gasteiger partial charge in [0.2, 0.25) is 0 Å². The highest BCUT2D eigenvalue weighted by molar-refractivity contribution is 5.68. The molecule has 0 aromatic carbocycles. The molecule has 0 saturated carbocycles. The minimum Gasteiger partial charge on any atom is -0.469 e. The lowest BCUT2D eigenvalue weighted by Gasteiger charge is -2.44. The van der Waals surface area contributed by atoms with Crippen LogP contribution >= 0.6 is 0 Å². The van der Waals surface area contributed by atoms with Crippen LogP contribution in [0.1, 0.15) is 51.4 Å². The van der Waals surface area contributed by atoms with Crippen molar-refractivity contribution in [2.45, 2.75) is 107 Å². The van der Waals surface area contributed by atoms with Crippen LogP contribution in [0.2, 0.25) is 0 Å². The van der Waals surface area contributed by atoms with Crippen molar-refractivity contribution in [2.24, 2.45) is 0 Å². The number of ether oxygens (including phenoxy) is 5. The number of carbonyl (C=O) groups excluding carboxylic acids is 1. The number of carbonyl (C=O) groups is 1. The summed E-state index contributed by atoms with van der Waals surface area (Å²) in [5.41, 5.74) is 0. The average molecular weight is 497 g/mol. The molecule has 2 saturated heterocycles. The first-order chi connectivity index (χ1) is 16.3. The molecule has 200 valence electrons. The summed E-state index contributed by atoms with van der Waals surface area (Å²) in [4.78, 5) is 11.1. The molecule has 0 amide bonds. The van der Waals surface area contributed by atoms with Gasteiger partial charge in [-0.1, -0.05) is 25.7 Å². The first-order valence-electron chi connectivity index (χ1n) is 11.9. The predicted octanol–water partition coefficient (Wildman–Crippen LogP) is -1.44. The Morgan fingerprint density at radius 1 is 0.853 bits per heavy atom. The van der Waals surface area contributed by atoms with E-state index < -0.39 is 68.5 Å². The van der Waals surface area contributed by atoms with Crippen LogP contribution in [0, 0.1) is 0 Å². The van der Waals surface area contributed by atoms with Gasteiger partial charge in [0.1, 0.15) is 36.6 Å². The standard InChI is InChI=1S/C22H40O12/c1-30-16(26)8-6-4-2-3-5-7-9-31-17-10-13(25)21(15(12-24)32-17)34-22-20(29)19(28)18(27)14(11-23)33-22/h13-15,17-25,27-29H,2-12H2,1H3/t13-,14-,15-,17-,18+,19+,20-,21+,22+/m1/s1. The van der Waals surface area contributed by atoms with E-state index >= 15 is 0 Å². The van der Waals surface area contributed by atoms with Crippen LogP contribution < -0.4 is 0 Å². The molecule has 2 aliphatic heterocycles. The lowest BCUT2D eigenvalue weighted by Crippen LogP contribution is -2.62. The summed E-state index contributed by atoms with van der Waals surface area (Å²) < 4.78 is 26.9. The molecule has 0 aromatic heterocycles. The number of esters is 1. The Balaban J connectivity index is 1.70. The van der Waals surface area contributed by atoms with E-state index in [0.717, 1.165) is 38.5 Å². The van der Waals surface area contributed by atoms with E-state index in [1.807, 2.05) is 0 Å². The second-order valence-corrected chi connectivity index (χ2v) is 8.71. The maximum Gasteiger partial charge on any atom is 0.305 e. The van der Waals surface area contributed by atoms with E-state index in [-0.39, 0.29) is 12.4 Å². The van der Waals surface area contributed by atoms with Crippen LogP contribution in [0.25, 0.3) is 0 Å². The first-order valence-corrected chi connectivity index (χ1v) is 11.9. The van der Waals surface area contributed by atoms with E-state index in [4.69, 9.17) is 18.9 Å². The Kier molecular flexibility index (Phi) is 13.1. The highest BCUT2D eigenvalue weighted by Gasteiger charge is 2.48. The number of unbranched alkanes of at least 4 members (excludes halogenated alkanes) is 5. The fourth-order valence-electron chi connectivity index (χ4n) is 4.07. The number of hydrogen-bond donors (Lipinski definition) is 6. The third-order valence-electron chi connectivity index (χ3n) is 6.13. The van der Waals surface area contributed by atoms with Crippen LogP contribution in [0.4, 0.5) is 0 Å². The Labute approximate surface area is 199 Å². The number of hydrogen-bond acceptors (Lipinski definition) is 12. The zero-order valence-corrected chi connectivity index (χ0v) is 19.6. The summed E-state index contributed by atoms with van der Waals surface area (Å²) in [6, 6.07) is 0. The molecule has 34 heavy (non-hydrogen) atoms. The third kappa shape index (κ3) is 8.63. The topological polar surface area (TPSA) is 185 Å². The predicted molar refractivity (Wildman–Crippen MR) is 115 cm³/mol. The minimum atomic E-state index is -1.63. The van der Waals surface area contributed by atoms with Crippen molar-refractivity contribution in [2.75, 3.05) is 26.9 Å². The fraction of sp³-hybridized carbons (Fsp3) is 0.955.